The molecular weight excluding hydrogens is 372 g/mol. The number of hydrogen-bond acceptors (Lipinski definition) is 5. The Morgan fingerprint density at radius 1 is 1.07 bits per heavy atom. The number of anilines is 1. The van der Waals surface area contributed by atoms with Crippen LogP contribution in [0.25, 0.3) is 10.6 Å². The predicted molar refractivity (Wildman–Crippen MR) is 112 cm³/mol. The van der Waals surface area contributed by atoms with Gasteiger partial charge in [-0.05, 0) is 25.7 Å². The van der Waals surface area contributed by atoms with Crippen molar-refractivity contribution in [2.24, 2.45) is 11.8 Å². The molecule has 0 aliphatic heterocycles. The number of amides is 2. The molecule has 1 saturated carbocycles. The first-order valence-corrected chi connectivity index (χ1v) is 10.8. The van der Waals surface area contributed by atoms with E-state index in [0.29, 0.717) is 5.13 Å². The van der Waals surface area contributed by atoms with Crippen molar-refractivity contribution in [2.75, 3.05) is 5.32 Å². The Hall–Kier alpha value is -2.28. The monoisotopic (exact) mass is 400 g/mol. The van der Waals surface area contributed by atoms with Crippen LogP contribution in [0, 0.1) is 18.8 Å². The lowest BCUT2D eigenvalue weighted by Gasteiger charge is -2.26. The number of aryl methyl sites for hydroxylation is 1. The normalized spacial score (nSPS) is 16.0. The van der Waals surface area contributed by atoms with E-state index >= 15 is 0 Å². The standard InChI is InChI=1S/C21H28N4O2S/c1-13(2)17(22-18(26)15-7-5-4-6-8-15)19(27)23-21-25-24-20(28-21)16-11-9-14(3)10-12-16/h9-13,15,17H,4-8H2,1-3H3,(H,22,26)(H,23,25,27). The summed E-state index contributed by atoms with van der Waals surface area (Å²) < 4.78 is 0. The Labute approximate surface area is 170 Å². The van der Waals surface area contributed by atoms with Crippen LogP contribution in [-0.4, -0.2) is 28.1 Å². The molecule has 3 rings (SSSR count). The average Bonchev–Trinajstić information content (AvgIpc) is 3.15. The number of hydrogen-bond donors (Lipinski definition) is 2. The van der Waals surface area contributed by atoms with Crippen molar-refractivity contribution in [3.05, 3.63) is 29.8 Å². The van der Waals surface area contributed by atoms with E-state index in [9.17, 15) is 9.59 Å². The molecule has 1 atom stereocenters. The van der Waals surface area contributed by atoms with E-state index in [2.05, 4.69) is 20.8 Å². The van der Waals surface area contributed by atoms with E-state index in [1.807, 2.05) is 45.0 Å². The van der Waals surface area contributed by atoms with Crippen LogP contribution in [0.1, 0.15) is 51.5 Å². The zero-order chi connectivity index (χ0) is 20.1. The fraction of sp³-hybridized carbons (Fsp3) is 0.524. The molecule has 2 amide bonds. The summed E-state index contributed by atoms with van der Waals surface area (Å²) in [6, 6.07) is 7.43. The van der Waals surface area contributed by atoms with Gasteiger partial charge in [-0.2, -0.15) is 0 Å². The summed E-state index contributed by atoms with van der Waals surface area (Å²) in [6.45, 7) is 5.90. The lowest BCUT2D eigenvalue weighted by molar-refractivity contribution is -0.130. The van der Waals surface area contributed by atoms with Gasteiger partial charge in [0.1, 0.15) is 11.0 Å². The molecule has 2 N–H and O–H groups in total. The number of carbonyl (C=O) groups is 2. The maximum Gasteiger partial charge on any atom is 0.249 e. The Morgan fingerprint density at radius 2 is 1.75 bits per heavy atom. The molecule has 1 heterocycles. The summed E-state index contributed by atoms with van der Waals surface area (Å²) in [6.07, 6.45) is 5.19. The van der Waals surface area contributed by atoms with Gasteiger partial charge in [-0.15, -0.1) is 10.2 Å². The molecule has 0 radical (unpaired) electrons. The molecule has 150 valence electrons. The van der Waals surface area contributed by atoms with E-state index in [4.69, 9.17) is 0 Å². The molecule has 1 aliphatic carbocycles. The van der Waals surface area contributed by atoms with E-state index in [1.165, 1.54) is 23.3 Å². The zero-order valence-corrected chi connectivity index (χ0v) is 17.5. The molecule has 7 heteroatoms. The second kappa shape index (κ2) is 9.28. The van der Waals surface area contributed by atoms with Crippen molar-refractivity contribution < 1.29 is 9.59 Å². The molecule has 1 aromatic heterocycles. The van der Waals surface area contributed by atoms with Crippen LogP contribution >= 0.6 is 11.3 Å². The molecule has 0 bridgehead atoms. The largest absolute Gasteiger partial charge is 0.344 e. The third kappa shape index (κ3) is 5.16. The second-order valence-electron chi connectivity index (χ2n) is 7.83. The summed E-state index contributed by atoms with van der Waals surface area (Å²) in [5.41, 5.74) is 2.14. The number of benzene rings is 1. The highest BCUT2D eigenvalue weighted by Crippen LogP contribution is 2.27. The Balaban J connectivity index is 1.64. The second-order valence-corrected chi connectivity index (χ2v) is 8.81. The summed E-state index contributed by atoms with van der Waals surface area (Å²) in [7, 11) is 0. The molecule has 1 aromatic carbocycles. The molecule has 2 aromatic rings. The quantitative estimate of drug-likeness (QED) is 0.762. The van der Waals surface area contributed by atoms with Gasteiger partial charge in [0.05, 0.1) is 0 Å². The molecule has 28 heavy (non-hydrogen) atoms. The lowest BCUT2D eigenvalue weighted by atomic mass is 9.88. The number of nitrogens with zero attached hydrogens (tertiary/aromatic N) is 2. The van der Waals surface area contributed by atoms with E-state index in [-0.39, 0.29) is 23.7 Å². The Bertz CT molecular complexity index is 810. The summed E-state index contributed by atoms with van der Waals surface area (Å²) in [5, 5.41) is 15.2. The molecule has 1 unspecified atom stereocenters. The Kier molecular flexibility index (Phi) is 6.78. The average molecular weight is 401 g/mol. The summed E-state index contributed by atoms with van der Waals surface area (Å²) in [4.78, 5) is 25.3. The third-order valence-corrected chi connectivity index (χ3v) is 6.06. The highest BCUT2D eigenvalue weighted by molar-refractivity contribution is 7.18. The fourth-order valence-electron chi connectivity index (χ4n) is 3.44. The highest BCUT2D eigenvalue weighted by atomic mass is 32.1. The van der Waals surface area contributed by atoms with Crippen molar-refractivity contribution in [2.45, 2.75) is 58.9 Å². The Morgan fingerprint density at radius 3 is 2.39 bits per heavy atom. The van der Waals surface area contributed by atoms with Gasteiger partial charge in [-0.3, -0.25) is 14.9 Å². The predicted octanol–water partition coefficient (Wildman–Crippen LogP) is 4.17. The van der Waals surface area contributed by atoms with Crippen LogP contribution in [0.2, 0.25) is 0 Å². The van der Waals surface area contributed by atoms with Crippen molar-refractivity contribution in [3.63, 3.8) is 0 Å². The van der Waals surface area contributed by atoms with Crippen molar-refractivity contribution in [1.82, 2.24) is 15.5 Å². The van der Waals surface area contributed by atoms with Gasteiger partial charge in [-0.1, -0.05) is 74.3 Å². The van der Waals surface area contributed by atoms with E-state index < -0.39 is 6.04 Å². The van der Waals surface area contributed by atoms with Crippen LogP contribution in [0.15, 0.2) is 24.3 Å². The minimum atomic E-state index is -0.582. The molecule has 0 saturated heterocycles. The van der Waals surface area contributed by atoms with Crippen molar-refractivity contribution in [3.8, 4) is 10.6 Å². The molecule has 1 aliphatic rings. The van der Waals surface area contributed by atoms with Crippen molar-refractivity contribution >= 4 is 28.3 Å². The van der Waals surface area contributed by atoms with Gasteiger partial charge in [-0.25, -0.2) is 0 Å². The van der Waals surface area contributed by atoms with Gasteiger partial charge >= 0.3 is 0 Å². The summed E-state index contributed by atoms with van der Waals surface area (Å²) in [5.74, 6) is -0.244. The highest BCUT2D eigenvalue weighted by Gasteiger charge is 2.29. The van der Waals surface area contributed by atoms with Gasteiger partial charge in [0.2, 0.25) is 16.9 Å². The molecule has 6 nitrogen and oxygen atoms in total. The van der Waals surface area contributed by atoms with Crippen LogP contribution in [0.3, 0.4) is 0 Å². The SMILES string of the molecule is Cc1ccc(-c2nnc(NC(=O)C(NC(=O)C3CCCCC3)C(C)C)s2)cc1. The first-order chi connectivity index (χ1) is 13.4. The van der Waals surface area contributed by atoms with Crippen LogP contribution in [-0.2, 0) is 9.59 Å². The van der Waals surface area contributed by atoms with E-state index in [0.717, 1.165) is 36.3 Å². The van der Waals surface area contributed by atoms with E-state index in [1.54, 1.807) is 0 Å². The van der Waals surface area contributed by atoms with Gasteiger partial charge in [0.25, 0.3) is 0 Å². The maximum atomic E-state index is 12.8. The number of aromatic nitrogens is 2. The van der Waals surface area contributed by atoms with Gasteiger partial charge in [0, 0.05) is 11.5 Å². The summed E-state index contributed by atoms with van der Waals surface area (Å²) >= 11 is 1.33. The van der Waals surface area contributed by atoms with Crippen LogP contribution in [0.5, 0.6) is 0 Å². The van der Waals surface area contributed by atoms with Crippen LogP contribution in [0.4, 0.5) is 5.13 Å². The van der Waals surface area contributed by atoms with Crippen LogP contribution < -0.4 is 10.6 Å². The third-order valence-electron chi connectivity index (χ3n) is 5.18. The zero-order valence-electron chi connectivity index (χ0n) is 16.7. The number of nitrogens with one attached hydrogen (secondary N) is 2. The molecule has 1 fully saturated rings. The minimum Gasteiger partial charge on any atom is -0.344 e. The smallest absolute Gasteiger partial charge is 0.249 e. The first-order valence-electron chi connectivity index (χ1n) is 9.96. The topological polar surface area (TPSA) is 84.0 Å². The van der Waals surface area contributed by atoms with Crippen molar-refractivity contribution in [1.29, 1.82) is 0 Å². The van der Waals surface area contributed by atoms with Gasteiger partial charge in [0.15, 0.2) is 0 Å². The fourth-order valence-corrected chi connectivity index (χ4v) is 4.19. The lowest BCUT2D eigenvalue weighted by Crippen LogP contribution is -2.49. The minimum absolute atomic E-state index is 0.00819. The first kappa shape index (κ1) is 20.5. The number of carbonyl (C=O) groups excluding carboxylic acids is 2. The van der Waals surface area contributed by atoms with Gasteiger partial charge < -0.3 is 5.32 Å². The molecule has 0 spiro atoms. The molecular formula is C21H28N4O2S. The number of rotatable bonds is 6. The maximum absolute atomic E-state index is 12.8.